The van der Waals surface area contributed by atoms with E-state index < -0.39 is 11.1 Å². The Labute approximate surface area is 81.3 Å². The van der Waals surface area contributed by atoms with E-state index in [-0.39, 0.29) is 0 Å². The molecule has 1 rings (SSSR count). The van der Waals surface area contributed by atoms with Gasteiger partial charge in [-0.2, -0.15) is 0 Å². The third-order valence-corrected chi connectivity index (χ3v) is 2.73. The van der Waals surface area contributed by atoms with Gasteiger partial charge in [-0.3, -0.25) is 0 Å². The Bertz CT molecular complexity index is 332. The predicted octanol–water partition coefficient (Wildman–Crippen LogP) is 2.70. The van der Waals surface area contributed by atoms with E-state index in [1.807, 2.05) is 13.0 Å². The summed E-state index contributed by atoms with van der Waals surface area (Å²) in [6.07, 6.45) is 0. The van der Waals surface area contributed by atoms with E-state index in [1.54, 1.807) is 12.1 Å². The van der Waals surface area contributed by atoms with Gasteiger partial charge in [-0.15, -0.1) is 0 Å². The second kappa shape index (κ2) is 4.03. The summed E-state index contributed by atoms with van der Waals surface area (Å²) in [5.74, 6) is 0.392. The summed E-state index contributed by atoms with van der Waals surface area (Å²) in [5.41, 5.74) is 2.31. The number of hydrogen-bond donors (Lipinski definition) is 1. The Kier molecular flexibility index (Phi) is 3.22. The fraction of sp³-hybridized carbons (Fsp3) is 0.400. The maximum Gasteiger partial charge on any atom is 0.186 e. The van der Waals surface area contributed by atoms with Gasteiger partial charge < -0.3 is 4.55 Å². The van der Waals surface area contributed by atoms with Crippen LogP contribution in [0, 0.1) is 6.92 Å². The molecule has 1 unspecified atom stereocenters. The molecule has 0 radical (unpaired) electrons. The van der Waals surface area contributed by atoms with Gasteiger partial charge in [-0.25, -0.2) is 4.21 Å². The van der Waals surface area contributed by atoms with Crippen LogP contribution in [0.2, 0.25) is 0 Å². The van der Waals surface area contributed by atoms with Gasteiger partial charge in [0.15, 0.2) is 11.1 Å². The van der Waals surface area contributed by atoms with Crippen LogP contribution in [-0.2, 0) is 11.1 Å². The molecule has 0 spiro atoms. The normalized spacial score (nSPS) is 13.3. The lowest BCUT2D eigenvalue weighted by atomic mass is 9.98. The van der Waals surface area contributed by atoms with E-state index in [2.05, 4.69) is 13.8 Å². The van der Waals surface area contributed by atoms with Crippen molar-refractivity contribution in [1.29, 1.82) is 0 Å². The summed E-state index contributed by atoms with van der Waals surface area (Å²) in [6, 6.07) is 5.38. The average Bonchev–Trinajstić information content (AvgIpc) is 2.04. The Morgan fingerprint density at radius 2 is 2.00 bits per heavy atom. The molecule has 3 heteroatoms. The van der Waals surface area contributed by atoms with Gasteiger partial charge in [0.05, 0.1) is 4.90 Å². The minimum absolute atomic E-state index is 0.392. The van der Waals surface area contributed by atoms with Crippen LogP contribution in [-0.4, -0.2) is 8.76 Å². The van der Waals surface area contributed by atoms with Crippen molar-refractivity contribution in [2.75, 3.05) is 0 Å². The largest absolute Gasteiger partial charge is 0.302 e. The Hall–Kier alpha value is -0.670. The summed E-state index contributed by atoms with van der Waals surface area (Å²) >= 11 is -1.86. The third kappa shape index (κ3) is 2.39. The van der Waals surface area contributed by atoms with E-state index in [0.29, 0.717) is 10.8 Å². The first-order valence-electron chi connectivity index (χ1n) is 4.23. The molecule has 0 fully saturated rings. The summed E-state index contributed by atoms with van der Waals surface area (Å²) < 4.78 is 19.7. The molecule has 1 atom stereocenters. The van der Waals surface area contributed by atoms with Crippen LogP contribution in [0.25, 0.3) is 0 Å². The van der Waals surface area contributed by atoms with Gasteiger partial charge in [-0.05, 0) is 36.1 Å². The first-order chi connectivity index (χ1) is 6.02. The predicted molar refractivity (Wildman–Crippen MR) is 54.3 cm³/mol. The molecule has 0 aliphatic carbocycles. The molecule has 1 aromatic carbocycles. The van der Waals surface area contributed by atoms with E-state index in [4.69, 9.17) is 4.55 Å². The van der Waals surface area contributed by atoms with Gasteiger partial charge in [-0.1, -0.05) is 19.9 Å². The fourth-order valence-corrected chi connectivity index (χ4v) is 1.76. The minimum atomic E-state index is -1.86. The molecule has 0 bridgehead atoms. The van der Waals surface area contributed by atoms with Gasteiger partial charge in [0, 0.05) is 0 Å². The van der Waals surface area contributed by atoms with Crippen LogP contribution in [0.5, 0.6) is 0 Å². The smallest absolute Gasteiger partial charge is 0.186 e. The molecule has 0 amide bonds. The Morgan fingerprint density at radius 1 is 1.38 bits per heavy atom. The van der Waals surface area contributed by atoms with Gasteiger partial charge in [0.2, 0.25) is 0 Å². The first kappa shape index (κ1) is 10.4. The van der Waals surface area contributed by atoms with E-state index in [1.165, 1.54) is 5.56 Å². The molecular formula is C10H14O2S. The summed E-state index contributed by atoms with van der Waals surface area (Å²) in [7, 11) is 0. The lowest BCUT2D eigenvalue weighted by molar-refractivity contribution is 0.564. The van der Waals surface area contributed by atoms with Crippen molar-refractivity contribution < 1.29 is 8.76 Å². The van der Waals surface area contributed by atoms with Crippen molar-refractivity contribution in [3.8, 4) is 0 Å². The zero-order chi connectivity index (χ0) is 10.0. The lowest BCUT2D eigenvalue weighted by Crippen LogP contribution is -1.95. The summed E-state index contributed by atoms with van der Waals surface area (Å²) in [5, 5.41) is 0. The summed E-state index contributed by atoms with van der Waals surface area (Å²) in [6.45, 7) is 6.16. The van der Waals surface area contributed by atoms with Crippen LogP contribution in [0.3, 0.4) is 0 Å². The molecular weight excluding hydrogens is 184 g/mol. The highest BCUT2D eigenvalue weighted by atomic mass is 32.2. The molecule has 1 aromatic rings. The number of hydrogen-bond acceptors (Lipinski definition) is 1. The molecule has 72 valence electrons. The van der Waals surface area contributed by atoms with E-state index in [0.717, 1.165) is 5.56 Å². The van der Waals surface area contributed by atoms with Crippen molar-refractivity contribution >= 4 is 11.1 Å². The summed E-state index contributed by atoms with van der Waals surface area (Å²) in [4.78, 5) is 0.481. The highest BCUT2D eigenvalue weighted by molar-refractivity contribution is 7.79. The third-order valence-electron chi connectivity index (χ3n) is 2.07. The van der Waals surface area contributed by atoms with Crippen LogP contribution < -0.4 is 0 Å². The molecule has 0 aromatic heterocycles. The van der Waals surface area contributed by atoms with Crippen molar-refractivity contribution in [2.45, 2.75) is 31.6 Å². The highest BCUT2D eigenvalue weighted by Gasteiger charge is 2.06. The second-order valence-corrected chi connectivity index (χ2v) is 4.39. The molecule has 1 N–H and O–H groups in total. The topological polar surface area (TPSA) is 37.3 Å². The Morgan fingerprint density at radius 3 is 2.46 bits per heavy atom. The Balaban J connectivity index is 3.19. The SMILES string of the molecule is Cc1ccc(S(=O)O)cc1C(C)C. The van der Waals surface area contributed by atoms with Crippen molar-refractivity contribution in [2.24, 2.45) is 0 Å². The second-order valence-electron chi connectivity index (χ2n) is 3.42. The molecule has 13 heavy (non-hydrogen) atoms. The number of benzene rings is 1. The zero-order valence-electron chi connectivity index (χ0n) is 8.07. The fourth-order valence-electron chi connectivity index (χ4n) is 1.35. The van der Waals surface area contributed by atoms with Crippen LogP contribution in [0.15, 0.2) is 23.1 Å². The molecule has 0 heterocycles. The maximum atomic E-state index is 10.8. The lowest BCUT2D eigenvalue weighted by Gasteiger charge is -2.10. The highest BCUT2D eigenvalue weighted by Crippen LogP contribution is 2.21. The minimum Gasteiger partial charge on any atom is -0.302 e. The van der Waals surface area contributed by atoms with Crippen LogP contribution in [0.4, 0.5) is 0 Å². The quantitative estimate of drug-likeness (QED) is 0.742. The molecule has 2 nitrogen and oxygen atoms in total. The van der Waals surface area contributed by atoms with Crippen LogP contribution >= 0.6 is 0 Å². The van der Waals surface area contributed by atoms with Crippen LogP contribution in [0.1, 0.15) is 30.9 Å². The van der Waals surface area contributed by atoms with Crippen molar-refractivity contribution in [1.82, 2.24) is 0 Å². The molecule has 0 saturated carbocycles. The monoisotopic (exact) mass is 198 g/mol. The van der Waals surface area contributed by atoms with E-state index in [9.17, 15) is 4.21 Å². The average molecular weight is 198 g/mol. The van der Waals surface area contributed by atoms with Gasteiger partial charge in [0.25, 0.3) is 0 Å². The molecule has 0 aliphatic rings. The maximum absolute atomic E-state index is 10.8. The molecule has 0 saturated heterocycles. The first-order valence-corrected chi connectivity index (χ1v) is 5.34. The van der Waals surface area contributed by atoms with Crippen molar-refractivity contribution in [3.63, 3.8) is 0 Å². The number of aryl methyl sites for hydroxylation is 1. The van der Waals surface area contributed by atoms with Gasteiger partial charge >= 0.3 is 0 Å². The number of rotatable bonds is 2. The van der Waals surface area contributed by atoms with Crippen molar-refractivity contribution in [3.05, 3.63) is 29.3 Å². The zero-order valence-corrected chi connectivity index (χ0v) is 8.89. The van der Waals surface area contributed by atoms with E-state index >= 15 is 0 Å². The standard InChI is InChI=1S/C10H14O2S/c1-7(2)10-6-9(13(11)12)5-4-8(10)3/h4-7H,1-3H3,(H,11,12). The molecule has 0 aliphatic heterocycles. The van der Waals surface area contributed by atoms with Gasteiger partial charge in [0.1, 0.15) is 0 Å².